The number of benzene rings is 1. The van der Waals surface area contributed by atoms with Crippen molar-refractivity contribution in [1.29, 1.82) is 0 Å². The van der Waals surface area contributed by atoms with Gasteiger partial charge in [-0.2, -0.15) is 0 Å². The van der Waals surface area contributed by atoms with Crippen molar-refractivity contribution < 1.29 is 13.5 Å². The van der Waals surface area contributed by atoms with E-state index in [2.05, 4.69) is 0 Å². The Kier molecular flexibility index (Phi) is 2.58. The fraction of sp³-hybridized carbons (Fsp3) is 0.250. The van der Waals surface area contributed by atoms with E-state index in [1.54, 1.807) is 0 Å². The molecular formula is C8H11NO3S. The Labute approximate surface area is 77.1 Å². The Morgan fingerprint density at radius 3 is 2.15 bits per heavy atom. The molecule has 0 spiro atoms. The lowest BCUT2D eigenvalue weighted by Gasteiger charge is -2.08. The van der Waals surface area contributed by atoms with Gasteiger partial charge in [0, 0.05) is 0 Å². The molecule has 0 radical (unpaired) electrons. The fourth-order valence-corrected chi connectivity index (χ4v) is 1.47. The molecule has 0 saturated carbocycles. The zero-order valence-electron chi connectivity index (χ0n) is 7.14. The molecule has 3 N–H and O–H groups in total. The summed E-state index contributed by atoms with van der Waals surface area (Å²) in [6.45, 7) is 1.50. The van der Waals surface area contributed by atoms with Crippen LogP contribution in [0.1, 0.15) is 17.7 Å². The van der Waals surface area contributed by atoms with Crippen LogP contribution < -0.4 is 5.14 Å². The Hall–Kier alpha value is -1.07. The lowest BCUT2D eigenvalue weighted by molar-refractivity contribution is 0.475. The van der Waals surface area contributed by atoms with Gasteiger partial charge in [-0.3, -0.25) is 0 Å². The highest BCUT2D eigenvalue weighted by atomic mass is 32.2. The molecular weight excluding hydrogens is 190 g/mol. The van der Waals surface area contributed by atoms with E-state index in [0.29, 0.717) is 5.56 Å². The molecule has 0 bridgehead atoms. The zero-order valence-corrected chi connectivity index (χ0v) is 7.95. The van der Waals surface area contributed by atoms with E-state index in [9.17, 15) is 8.42 Å². The Bertz CT molecular complexity index is 382. The van der Waals surface area contributed by atoms with Gasteiger partial charge >= 0.3 is 0 Å². The summed E-state index contributed by atoms with van der Waals surface area (Å²) in [4.78, 5) is 0. The molecule has 0 fully saturated rings. The van der Waals surface area contributed by atoms with Crippen molar-refractivity contribution in [2.45, 2.75) is 12.2 Å². The van der Waals surface area contributed by atoms with Gasteiger partial charge in [-0.15, -0.1) is 0 Å². The highest BCUT2D eigenvalue weighted by molar-refractivity contribution is 7.89. The van der Waals surface area contributed by atoms with Crippen LogP contribution in [-0.4, -0.2) is 13.5 Å². The third-order valence-corrected chi connectivity index (χ3v) is 3.11. The number of rotatable bonds is 2. The summed E-state index contributed by atoms with van der Waals surface area (Å²) in [6, 6.07) is 5.92. The van der Waals surface area contributed by atoms with Gasteiger partial charge in [0.05, 0.1) is 5.25 Å². The molecule has 1 unspecified atom stereocenters. The lowest BCUT2D eigenvalue weighted by Crippen LogP contribution is -2.19. The number of hydrogen-bond donors (Lipinski definition) is 2. The maximum Gasteiger partial charge on any atom is 0.215 e. The molecule has 0 aromatic heterocycles. The molecule has 0 saturated heterocycles. The van der Waals surface area contributed by atoms with Crippen LogP contribution >= 0.6 is 0 Å². The molecule has 0 aliphatic heterocycles. The second-order valence-electron chi connectivity index (χ2n) is 2.82. The smallest absolute Gasteiger partial charge is 0.215 e. The third-order valence-electron chi connectivity index (χ3n) is 1.86. The highest BCUT2D eigenvalue weighted by Crippen LogP contribution is 2.21. The van der Waals surface area contributed by atoms with E-state index in [1.807, 2.05) is 0 Å². The molecule has 0 heterocycles. The SMILES string of the molecule is CC(c1ccc(O)cc1)S(N)(=O)=O. The van der Waals surface area contributed by atoms with Gasteiger partial charge in [0.25, 0.3) is 0 Å². The van der Waals surface area contributed by atoms with Gasteiger partial charge in [0.15, 0.2) is 0 Å². The number of aromatic hydroxyl groups is 1. The Morgan fingerprint density at radius 1 is 1.31 bits per heavy atom. The first-order valence-electron chi connectivity index (χ1n) is 3.72. The summed E-state index contributed by atoms with van der Waals surface area (Å²) in [7, 11) is -3.55. The molecule has 0 aliphatic carbocycles. The molecule has 4 nitrogen and oxygen atoms in total. The molecule has 1 atom stereocenters. The minimum atomic E-state index is -3.55. The van der Waals surface area contributed by atoms with Gasteiger partial charge in [0.2, 0.25) is 10.0 Å². The number of sulfonamides is 1. The second kappa shape index (κ2) is 3.35. The maximum atomic E-state index is 10.9. The Balaban J connectivity index is 3.04. The maximum absolute atomic E-state index is 10.9. The van der Waals surface area contributed by atoms with Gasteiger partial charge < -0.3 is 5.11 Å². The summed E-state index contributed by atoms with van der Waals surface area (Å²) in [5.41, 5.74) is 0.570. The quantitative estimate of drug-likeness (QED) is 0.740. The summed E-state index contributed by atoms with van der Waals surface area (Å²) in [5.74, 6) is 0.102. The summed E-state index contributed by atoms with van der Waals surface area (Å²) in [5, 5.41) is 13.2. The van der Waals surface area contributed by atoms with E-state index in [1.165, 1.54) is 31.2 Å². The number of phenolic OH excluding ortho intramolecular Hbond substituents is 1. The molecule has 0 aliphatic rings. The predicted molar refractivity (Wildman–Crippen MR) is 49.6 cm³/mol. The zero-order chi connectivity index (χ0) is 10.1. The van der Waals surface area contributed by atoms with Gasteiger partial charge in [-0.25, -0.2) is 13.6 Å². The van der Waals surface area contributed by atoms with E-state index >= 15 is 0 Å². The van der Waals surface area contributed by atoms with Crippen LogP contribution in [0.3, 0.4) is 0 Å². The lowest BCUT2D eigenvalue weighted by atomic mass is 10.2. The topological polar surface area (TPSA) is 80.4 Å². The number of phenols is 1. The summed E-state index contributed by atoms with van der Waals surface area (Å²) < 4.78 is 21.9. The van der Waals surface area contributed by atoms with Crippen molar-refractivity contribution in [3.8, 4) is 5.75 Å². The number of primary sulfonamides is 1. The van der Waals surface area contributed by atoms with Crippen molar-refractivity contribution in [2.75, 3.05) is 0 Å². The normalized spacial score (nSPS) is 14.0. The standard InChI is InChI=1S/C8H11NO3S/c1-6(13(9,11)12)7-2-4-8(10)5-3-7/h2-6,10H,1H3,(H2,9,11,12). The first-order valence-corrected chi connectivity index (χ1v) is 5.33. The number of hydrogen-bond acceptors (Lipinski definition) is 3. The molecule has 1 rings (SSSR count). The van der Waals surface area contributed by atoms with Crippen molar-refractivity contribution in [3.63, 3.8) is 0 Å². The molecule has 5 heteroatoms. The van der Waals surface area contributed by atoms with Gasteiger partial charge in [0.1, 0.15) is 5.75 Å². The molecule has 13 heavy (non-hydrogen) atoms. The second-order valence-corrected chi connectivity index (χ2v) is 4.71. The van der Waals surface area contributed by atoms with E-state index in [-0.39, 0.29) is 5.75 Å². The van der Waals surface area contributed by atoms with Crippen molar-refractivity contribution >= 4 is 10.0 Å². The third kappa shape index (κ3) is 2.43. The fourth-order valence-electron chi connectivity index (χ4n) is 0.935. The minimum Gasteiger partial charge on any atom is -0.508 e. The Morgan fingerprint density at radius 2 is 1.77 bits per heavy atom. The van der Waals surface area contributed by atoms with Gasteiger partial charge in [-0.05, 0) is 24.6 Å². The monoisotopic (exact) mass is 201 g/mol. The van der Waals surface area contributed by atoms with E-state index in [0.717, 1.165) is 0 Å². The van der Waals surface area contributed by atoms with Crippen LogP contribution in [-0.2, 0) is 10.0 Å². The minimum absolute atomic E-state index is 0.102. The van der Waals surface area contributed by atoms with Gasteiger partial charge in [-0.1, -0.05) is 12.1 Å². The average molecular weight is 201 g/mol. The molecule has 1 aromatic rings. The molecule has 1 aromatic carbocycles. The van der Waals surface area contributed by atoms with Crippen LogP contribution in [0.2, 0.25) is 0 Å². The van der Waals surface area contributed by atoms with Crippen molar-refractivity contribution in [2.24, 2.45) is 5.14 Å². The van der Waals surface area contributed by atoms with Crippen molar-refractivity contribution in [1.82, 2.24) is 0 Å². The van der Waals surface area contributed by atoms with Crippen LogP contribution in [0.25, 0.3) is 0 Å². The first kappa shape index (κ1) is 10.0. The molecule has 0 amide bonds. The first-order chi connectivity index (χ1) is 5.91. The highest BCUT2D eigenvalue weighted by Gasteiger charge is 2.17. The average Bonchev–Trinajstić information content (AvgIpc) is 2.03. The van der Waals surface area contributed by atoms with E-state index < -0.39 is 15.3 Å². The summed E-state index contributed by atoms with van der Waals surface area (Å²) in [6.07, 6.45) is 0. The van der Waals surface area contributed by atoms with Crippen LogP contribution in [0.5, 0.6) is 5.75 Å². The van der Waals surface area contributed by atoms with Crippen LogP contribution in [0.4, 0.5) is 0 Å². The predicted octanol–water partition coefficient (Wildman–Crippen LogP) is 0.742. The largest absolute Gasteiger partial charge is 0.508 e. The van der Waals surface area contributed by atoms with Crippen LogP contribution in [0, 0.1) is 0 Å². The van der Waals surface area contributed by atoms with Crippen molar-refractivity contribution in [3.05, 3.63) is 29.8 Å². The molecule has 72 valence electrons. The summed E-state index contributed by atoms with van der Waals surface area (Å²) >= 11 is 0. The van der Waals surface area contributed by atoms with Crippen LogP contribution in [0.15, 0.2) is 24.3 Å². The van der Waals surface area contributed by atoms with E-state index in [4.69, 9.17) is 10.2 Å². The number of nitrogens with two attached hydrogens (primary N) is 1.